The SMILES string of the molecule is Cc1cccc(N2CCN(C(=O)c3cc4nc(-c5ccc(Cl)cc5)cc(C(C)(C)C)c4o3)C(C)(C)C2)n1. The number of piperazine rings is 1. The van der Waals surface area contributed by atoms with Gasteiger partial charge in [0, 0.05) is 47.5 Å². The predicted octanol–water partition coefficient (Wildman–Crippen LogP) is 6.89. The molecule has 3 aromatic heterocycles. The topological polar surface area (TPSA) is 62.5 Å². The fraction of sp³-hybridized carbons (Fsp3) is 0.367. The Morgan fingerprint density at radius 2 is 1.76 bits per heavy atom. The highest BCUT2D eigenvalue weighted by Gasteiger charge is 2.39. The number of carbonyl (C=O) groups is 1. The molecule has 0 aliphatic carbocycles. The maximum absolute atomic E-state index is 13.8. The molecule has 1 aromatic carbocycles. The second-order valence-corrected chi connectivity index (χ2v) is 11.9. The summed E-state index contributed by atoms with van der Waals surface area (Å²) < 4.78 is 6.27. The number of anilines is 1. The number of nitrogens with zero attached hydrogens (tertiary/aromatic N) is 4. The fourth-order valence-electron chi connectivity index (χ4n) is 5.02. The average Bonchev–Trinajstić information content (AvgIpc) is 3.26. The molecular weight excluding hydrogens is 484 g/mol. The molecule has 0 radical (unpaired) electrons. The van der Waals surface area contributed by atoms with E-state index in [0.717, 1.165) is 28.3 Å². The van der Waals surface area contributed by atoms with E-state index in [4.69, 9.17) is 21.0 Å². The zero-order valence-corrected chi connectivity index (χ0v) is 23.1. The minimum absolute atomic E-state index is 0.118. The largest absolute Gasteiger partial charge is 0.449 e. The van der Waals surface area contributed by atoms with Crippen LogP contribution < -0.4 is 4.90 Å². The van der Waals surface area contributed by atoms with Gasteiger partial charge in [0.2, 0.25) is 0 Å². The standard InChI is InChI=1S/C30H33ClN4O2/c1-19-8-7-9-26(32-19)34-14-15-35(30(5,6)18-34)28(36)25-17-24-27(37-25)22(29(2,3)4)16-23(33-24)20-10-12-21(31)13-11-20/h7-13,16-17H,14-15,18H2,1-6H3. The normalized spacial score (nSPS) is 15.9. The lowest BCUT2D eigenvalue weighted by Crippen LogP contribution is -2.61. The first kappa shape index (κ1) is 25.3. The Morgan fingerprint density at radius 3 is 2.41 bits per heavy atom. The van der Waals surface area contributed by atoms with Crippen LogP contribution in [0.2, 0.25) is 5.02 Å². The third kappa shape index (κ3) is 4.95. The number of amides is 1. The summed E-state index contributed by atoms with van der Waals surface area (Å²) in [5, 5.41) is 0.679. The molecule has 6 nitrogen and oxygen atoms in total. The first-order valence-electron chi connectivity index (χ1n) is 12.6. The number of carbonyl (C=O) groups excluding carboxylic acids is 1. The zero-order chi connectivity index (χ0) is 26.5. The molecule has 5 rings (SSSR count). The first-order valence-corrected chi connectivity index (χ1v) is 13.0. The van der Waals surface area contributed by atoms with Gasteiger partial charge < -0.3 is 14.2 Å². The molecule has 0 bridgehead atoms. The predicted molar refractivity (Wildman–Crippen MR) is 149 cm³/mol. The van der Waals surface area contributed by atoms with Gasteiger partial charge in [-0.1, -0.05) is 50.6 Å². The number of hydrogen-bond acceptors (Lipinski definition) is 5. The summed E-state index contributed by atoms with van der Waals surface area (Å²) >= 11 is 6.10. The van der Waals surface area contributed by atoms with Gasteiger partial charge in [-0.05, 0) is 56.5 Å². The van der Waals surface area contributed by atoms with Crippen molar-refractivity contribution in [1.82, 2.24) is 14.9 Å². The summed E-state index contributed by atoms with van der Waals surface area (Å²) in [7, 11) is 0. The molecule has 4 aromatic rings. The van der Waals surface area contributed by atoms with Gasteiger partial charge in [0.25, 0.3) is 5.91 Å². The monoisotopic (exact) mass is 516 g/mol. The van der Waals surface area contributed by atoms with Crippen molar-refractivity contribution in [3.8, 4) is 11.3 Å². The lowest BCUT2D eigenvalue weighted by molar-refractivity contribution is 0.0483. The Bertz CT molecular complexity index is 1470. The van der Waals surface area contributed by atoms with Gasteiger partial charge >= 0.3 is 0 Å². The number of hydrogen-bond donors (Lipinski definition) is 0. The van der Waals surface area contributed by atoms with Crippen molar-refractivity contribution in [2.45, 2.75) is 52.5 Å². The molecular formula is C30H33ClN4O2. The summed E-state index contributed by atoms with van der Waals surface area (Å²) in [6.45, 7) is 14.6. The number of aromatic nitrogens is 2. The molecule has 1 amide bonds. The highest BCUT2D eigenvalue weighted by atomic mass is 35.5. The molecule has 0 spiro atoms. The van der Waals surface area contributed by atoms with Gasteiger partial charge in [-0.2, -0.15) is 0 Å². The summed E-state index contributed by atoms with van der Waals surface area (Å²) in [6.07, 6.45) is 0. The van der Waals surface area contributed by atoms with Gasteiger partial charge in [0.15, 0.2) is 11.3 Å². The molecule has 0 N–H and O–H groups in total. The van der Waals surface area contributed by atoms with Crippen LogP contribution in [0, 0.1) is 6.92 Å². The molecule has 0 atom stereocenters. The van der Waals surface area contributed by atoms with Crippen molar-refractivity contribution < 1.29 is 9.21 Å². The summed E-state index contributed by atoms with van der Waals surface area (Å²) in [6, 6.07) is 17.5. The number of benzene rings is 1. The molecule has 37 heavy (non-hydrogen) atoms. The van der Waals surface area contributed by atoms with Crippen molar-refractivity contribution in [3.63, 3.8) is 0 Å². The van der Waals surface area contributed by atoms with Gasteiger partial charge in [0.05, 0.1) is 11.2 Å². The Balaban J connectivity index is 1.49. The van der Waals surface area contributed by atoms with Crippen LogP contribution in [0.1, 0.15) is 56.4 Å². The number of halogens is 1. The number of pyridine rings is 2. The smallest absolute Gasteiger partial charge is 0.290 e. The van der Waals surface area contributed by atoms with Gasteiger partial charge in [-0.3, -0.25) is 4.79 Å². The molecule has 0 saturated carbocycles. The highest BCUT2D eigenvalue weighted by molar-refractivity contribution is 6.30. The number of aryl methyl sites for hydroxylation is 1. The van der Waals surface area contributed by atoms with Crippen molar-refractivity contribution in [1.29, 1.82) is 0 Å². The van der Waals surface area contributed by atoms with Crippen LogP contribution in [0.15, 0.2) is 59.0 Å². The minimum Gasteiger partial charge on any atom is -0.449 e. The summed E-state index contributed by atoms with van der Waals surface area (Å²) in [5.74, 6) is 1.14. The van der Waals surface area contributed by atoms with Crippen LogP contribution in [0.5, 0.6) is 0 Å². The highest BCUT2D eigenvalue weighted by Crippen LogP contribution is 2.36. The molecule has 1 aliphatic rings. The van der Waals surface area contributed by atoms with E-state index in [2.05, 4.69) is 50.6 Å². The Morgan fingerprint density at radius 1 is 1.03 bits per heavy atom. The Kier molecular flexibility index (Phi) is 6.27. The van der Waals surface area contributed by atoms with Crippen molar-refractivity contribution in [3.05, 3.63) is 76.6 Å². The molecule has 1 fully saturated rings. The second kappa shape index (κ2) is 9.18. The maximum atomic E-state index is 13.8. The van der Waals surface area contributed by atoms with E-state index in [0.29, 0.717) is 41.5 Å². The molecule has 192 valence electrons. The van der Waals surface area contributed by atoms with E-state index in [1.807, 2.05) is 54.3 Å². The van der Waals surface area contributed by atoms with Crippen LogP contribution in [-0.4, -0.2) is 45.9 Å². The van der Waals surface area contributed by atoms with Gasteiger partial charge in [-0.25, -0.2) is 9.97 Å². The molecule has 1 aliphatic heterocycles. The van der Waals surface area contributed by atoms with Crippen molar-refractivity contribution in [2.24, 2.45) is 0 Å². The fourth-order valence-corrected chi connectivity index (χ4v) is 5.14. The third-order valence-corrected chi connectivity index (χ3v) is 7.23. The quantitative estimate of drug-likeness (QED) is 0.296. The molecule has 4 heterocycles. The van der Waals surface area contributed by atoms with Crippen LogP contribution in [0.4, 0.5) is 5.82 Å². The van der Waals surface area contributed by atoms with Crippen LogP contribution in [-0.2, 0) is 5.41 Å². The van der Waals surface area contributed by atoms with Crippen LogP contribution >= 0.6 is 11.6 Å². The molecule has 1 saturated heterocycles. The Labute approximate surface area is 223 Å². The number of furan rings is 1. The average molecular weight is 517 g/mol. The van der Waals surface area contributed by atoms with Crippen molar-refractivity contribution >= 4 is 34.4 Å². The first-order chi connectivity index (χ1) is 17.4. The maximum Gasteiger partial charge on any atom is 0.290 e. The van der Waals surface area contributed by atoms with E-state index in [1.54, 1.807) is 6.07 Å². The van der Waals surface area contributed by atoms with Gasteiger partial charge in [-0.15, -0.1) is 0 Å². The number of fused-ring (bicyclic) bond motifs is 1. The van der Waals surface area contributed by atoms with E-state index in [9.17, 15) is 4.79 Å². The lowest BCUT2D eigenvalue weighted by Gasteiger charge is -2.47. The van der Waals surface area contributed by atoms with Crippen LogP contribution in [0.25, 0.3) is 22.4 Å². The molecule has 0 unspecified atom stereocenters. The van der Waals surface area contributed by atoms with Gasteiger partial charge in [0.1, 0.15) is 11.3 Å². The second-order valence-electron chi connectivity index (χ2n) is 11.5. The van der Waals surface area contributed by atoms with Crippen LogP contribution in [0.3, 0.4) is 0 Å². The van der Waals surface area contributed by atoms with Crippen molar-refractivity contribution in [2.75, 3.05) is 24.5 Å². The van der Waals surface area contributed by atoms with E-state index >= 15 is 0 Å². The zero-order valence-electron chi connectivity index (χ0n) is 22.3. The van der Waals surface area contributed by atoms with E-state index < -0.39 is 5.54 Å². The van der Waals surface area contributed by atoms with E-state index in [-0.39, 0.29) is 11.3 Å². The Hall–Kier alpha value is -3.38. The summed E-state index contributed by atoms with van der Waals surface area (Å²) in [4.78, 5) is 27.5. The molecule has 7 heteroatoms. The van der Waals surface area contributed by atoms with E-state index in [1.165, 1.54) is 0 Å². The number of rotatable bonds is 3. The minimum atomic E-state index is -0.408. The summed E-state index contributed by atoms with van der Waals surface area (Å²) in [5.41, 5.74) is 4.52. The third-order valence-electron chi connectivity index (χ3n) is 6.98. The lowest BCUT2D eigenvalue weighted by atomic mass is 9.86.